The van der Waals surface area contributed by atoms with Gasteiger partial charge in [-0.1, -0.05) is 310 Å². The van der Waals surface area contributed by atoms with Gasteiger partial charge in [0, 0.05) is 0 Å². The second-order valence-electron chi connectivity index (χ2n) is 18.9. The zero-order chi connectivity index (χ0) is 61.3. The van der Waals surface area contributed by atoms with Crippen molar-refractivity contribution in [1.82, 2.24) is 19.9 Å². The van der Waals surface area contributed by atoms with Crippen LogP contribution in [0.3, 0.4) is 0 Å². The van der Waals surface area contributed by atoms with Crippen LogP contribution in [0.2, 0.25) is 0 Å². The van der Waals surface area contributed by atoms with Crippen molar-refractivity contribution in [2.24, 2.45) is 5.73 Å². The van der Waals surface area contributed by atoms with Crippen LogP contribution in [0, 0.1) is 0 Å². The first-order valence-electron chi connectivity index (χ1n) is 27.6. The number of rotatable bonds is 11. The Bertz CT molecular complexity index is 3190. The van der Waals surface area contributed by atoms with Gasteiger partial charge in [-0.15, -0.1) is 0 Å². The number of imidazole rings is 2. The van der Waals surface area contributed by atoms with Gasteiger partial charge in [-0.05, 0) is 103 Å². The molecule has 6 nitrogen and oxygen atoms in total. The second-order valence-corrected chi connectivity index (χ2v) is 30.9. The molecule has 0 fully saturated rings. The quantitative estimate of drug-likeness (QED) is 0.0887. The molecule has 0 amide bonds. The van der Waals surface area contributed by atoms with E-state index >= 15 is 0 Å². The molecule has 0 aliphatic carbocycles. The van der Waals surface area contributed by atoms with E-state index in [2.05, 4.69) is 293 Å². The molecule has 13 aromatic rings. The van der Waals surface area contributed by atoms with Crippen LogP contribution in [0.1, 0.15) is 37.6 Å². The minimum Gasteiger partial charge on any atom is -0.0622 e. The summed E-state index contributed by atoms with van der Waals surface area (Å²) in [5.41, 5.74) is 17.1. The zero-order valence-corrected chi connectivity index (χ0v) is 61.2. The molecule has 0 saturated carbocycles. The minimum atomic E-state index is -0.446. The van der Waals surface area contributed by atoms with E-state index in [1.165, 1.54) is 47.7 Å². The molecule has 460 valence electrons. The fourth-order valence-electron chi connectivity index (χ4n) is 8.90. The topological polar surface area (TPSA) is 107 Å². The SMILES string of the molecule is C[C@H](N)c1nc2ccccc2[nH]1.C[C@H]([NH-])c1nc2ccccc2[nH]1.P.P.[Cl][Ru][Cl].[Cl][Ru][Cl].c1ccc(P(c2ccccc2)c2ccccc2)cc1.c1ccc(P(c2ccccc2)c2ccccc2)cc1.c1ccc(P(c2ccccc2)c2ccccc2)cc1. The summed E-state index contributed by atoms with van der Waals surface area (Å²) >= 11 is -0.691. The van der Waals surface area contributed by atoms with Gasteiger partial charge in [-0.25, -0.2) is 9.97 Å². The number of nitrogens with two attached hydrogens (primary N) is 1. The van der Waals surface area contributed by atoms with E-state index in [1.807, 2.05) is 55.5 Å². The molecule has 0 aliphatic heterocycles. The molecule has 0 spiro atoms. The zero-order valence-electron chi connectivity index (χ0n) is 49.2. The van der Waals surface area contributed by atoms with Crippen molar-refractivity contribution in [2.75, 3.05) is 0 Å². The number of hydrogen-bond donors (Lipinski definition) is 3. The largest absolute Gasteiger partial charge is 0.0622 e. The third kappa shape index (κ3) is 24.4. The van der Waals surface area contributed by atoms with Gasteiger partial charge in [0.05, 0.1) is 33.9 Å². The molecule has 2 aromatic heterocycles. The van der Waals surface area contributed by atoms with Crippen LogP contribution in [-0.4, -0.2) is 19.9 Å². The number of H-pyrrole nitrogens is 2. The van der Waals surface area contributed by atoms with Crippen LogP contribution in [0.5, 0.6) is 0 Å². The first kappa shape index (κ1) is 74.6. The molecular weight excluding hydrogens is 1450 g/mol. The van der Waals surface area contributed by atoms with E-state index in [-0.39, 0.29) is 62.2 Å². The number of para-hydroxylation sites is 4. The van der Waals surface area contributed by atoms with Crippen LogP contribution in [-0.2, 0) is 30.3 Å². The number of hydrogen-bond acceptors (Lipinski definition) is 3. The fourth-order valence-corrected chi connectivity index (χ4v) is 15.8. The number of aromatic nitrogens is 4. The number of fused-ring (bicyclic) bond motifs is 2. The molecule has 2 heterocycles. The van der Waals surface area contributed by atoms with Crippen molar-refractivity contribution >= 4 is 152 Å². The Balaban J connectivity index is 0.000000199. The average molecular weight is 1520 g/mol. The van der Waals surface area contributed by atoms with Gasteiger partial charge in [-0.3, -0.25) is 0 Å². The van der Waals surface area contributed by atoms with Crippen molar-refractivity contribution in [3.05, 3.63) is 339 Å². The Hall–Kier alpha value is -5.16. The van der Waals surface area contributed by atoms with Crippen molar-refractivity contribution in [3.63, 3.8) is 0 Å². The summed E-state index contributed by atoms with van der Waals surface area (Å²) in [5, 5.41) is 12.6. The van der Waals surface area contributed by atoms with E-state index in [9.17, 15) is 0 Å². The van der Waals surface area contributed by atoms with Gasteiger partial charge in [0.2, 0.25) is 0 Å². The average Bonchev–Trinajstić information content (AvgIpc) is 3.42. The van der Waals surface area contributed by atoms with Crippen LogP contribution in [0.4, 0.5) is 0 Å². The molecule has 2 unspecified atom stereocenters. The standard InChI is InChI=1S/3C18H15P.C9H11N3.C9H10N3.4ClH.2H3P.2Ru/c3*1-4-10-16(11-5-1)19(17-12-6-2-7-13-17)18-14-8-3-9-15-18;2*1-6(10)9-11-7-4-2-3-5-8(7)12-9;;;;;;;;/h3*1-15H;2-6H,10H2,1H3,(H,11,12);2-6,10H,1H3,(H,11,12);4*1H;2*1H3;;/q;;;;-1;;;;;;;2*+2/p-4/t;;;2*6-;;;;;;;;/m...00......../s1. The van der Waals surface area contributed by atoms with E-state index in [0.29, 0.717) is 0 Å². The van der Waals surface area contributed by atoms with Crippen LogP contribution >= 0.6 is 82.3 Å². The number of aromatic amines is 2. The summed E-state index contributed by atoms with van der Waals surface area (Å²) in [4.78, 5) is 14.9. The van der Waals surface area contributed by atoms with Gasteiger partial charge < -0.3 is 21.4 Å². The summed E-state index contributed by atoms with van der Waals surface area (Å²) in [6.45, 7) is 3.72. The molecular formula is C72H72Cl4N6P5Ru2-. The van der Waals surface area contributed by atoms with Crippen LogP contribution < -0.4 is 53.5 Å². The maximum absolute atomic E-state index is 7.46. The third-order valence-corrected chi connectivity index (χ3v) is 20.1. The Morgan fingerprint density at radius 1 is 0.315 bits per heavy atom. The maximum atomic E-state index is 7.46. The molecule has 0 saturated heterocycles. The fraction of sp³-hybridized carbons (Fsp3) is 0.0556. The monoisotopic (exact) mass is 1520 g/mol. The molecule has 11 aromatic carbocycles. The molecule has 13 rings (SSSR count). The third-order valence-electron chi connectivity index (χ3n) is 12.8. The summed E-state index contributed by atoms with van der Waals surface area (Å²) in [6.07, 6.45) is 0. The van der Waals surface area contributed by atoms with E-state index in [4.69, 9.17) is 50.2 Å². The molecule has 4 atom stereocenters. The van der Waals surface area contributed by atoms with Gasteiger partial charge in [0.1, 0.15) is 5.82 Å². The smallest absolute Gasteiger partial charge is 0.0134 e. The maximum Gasteiger partial charge on any atom is -0.0134 e. The molecule has 0 radical (unpaired) electrons. The predicted molar refractivity (Wildman–Crippen MR) is 399 cm³/mol. The minimum absolute atomic E-state index is 0. The first-order chi connectivity index (χ1) is 42.7. The summed E-state index contributed by atoms with van der Waals surface area (Å²) < 4.78 is 0. The molecule has 0 aliphatic rings. The number of nitrogens with one attached hydrogen (secondary N) is 3. The van der Waals surface area contributed by atoms with Crippen LogP contribution in [0.15, 0.2) is 322 Å². The molecule has 0 bridgehead atoms. The van der Waals surface area contributed by atoms with Crippen LogP contribution in [0.25, 0.3) is 27.8 Å². The predicted octanol–water partition coefficient (Wildman–Crippen LogP) is 17.5. The molecule has 89 heavy (non-hydrogen) atoms. The van der Waals surface area contributed by atoms with Crippen molar-refractivity contribution in [1.29, 1.82) is 0 Å². The number of benzene rings is 11. The van der Waals surface area contributed by atoms with Gasteiger partial charge in [-0.2, -0.15) is 19.8 Å². The van der Waals surface area contributed by atoms with Crippen molar-refractivity contribution in [3.8, 4) is 0 Å². The first-order valence-corrected chi connectivity index (χ1v) is 40.6. The summed E-state index contributed by atoms with van der Waals surface area (Å²) in [7, 11) is 18.1. The second kappa shape index (κ2) is 42.8. The van der Waals surface area contributed by atoms with Crippen molar-refractivity contribution < 1.29 is 30.3 Å². The van der Waals surface area contributed by atoms with E-state index < -0.39 is 23.8 Å². The number of halogens is 4. The van der Waals surface area contributed by atoms with Gasteiger partial charge >= 0.3 is 69.1 Å². The van der Waals surface area contributed by atoms with Gasteiger partial charge in [0.15, 0.2) is 0 Å². The molecule has 5 N–H and O–H groups in total. The van der Waals surface area contributed by atoms with Gasteiger partial charge in [0.25, 0.3) is 0 Å². The Kier molecular flexibility index (Phi) is 35.9. The Morgan fingerprint density at radius 3 is 0.663 bits per heavy atom. The van der Waals surface area contributed by atoms with E-state index in [1.54, 1.807) is 6.92 Å². The normalized spacial score (nSPS) is 10.9. The molecule has 17 heteroatoms. The van der Waals surface area contributed by atoms with E-state index in [0.717, 1.165) is 33.7 Å². The van der Waals surface area contributed by atoms with Crippen molar-refractivity contribution in [2.45, 2.75) is 25.9 Å². The summed E-state index contributed by atoms with van der Waals surface area (Å²) in [5.74, 6) is 1.58. The Labute approximate surface area is 567 Å². The summed E-state index contributed by atoms with van der Waals surface area (Å²) in [6, 6.07) is 112. The number of nitrogens with zero attached hydrogens (tertiary/aromatic N) is 2. The Morgan fingerprint density at radius 2 is 0.483 bits per heavy atom.